The minimum Gasteiger partial charge on any atom is -0.338 e. The van der Waals surface area contributed by atoms with Crippen molar-refractivity contribution in [1.29, 1.82) is 0 Å². The SMILES string of the molecule is Cc1ccc(N(C)S(=O)(=O)c2cccc(C(=O)N3CC[C@@H]4CCCC[C@@H]4C3)c2)cc1. The molecule has 1 amide bonds. The number of carbonyl (C=O) groups excluding carboxylic acids is 1. The van der Waals surface area contributed by atoms with Gasteiger partial charge < -0.3 is 4.90 Å². The Balaban J connectivity index is 1.54. The zero-order chi connectivity index (χ0) is 21.3. The van der Waals surface area contributed by atoms with E-state index in [1.54, 1.807) is 37.4 Å². The van der Waals surface area contributed by atoms with Crippen molar-refractivity contribution >= 4 is 21.6 Å². The third-order valence-corrected chi connectivity index (χ3v) is 8.50. The lowest BCUT2D eigenvalue weighted by atomic mass is 9.75. The zero-order valence-electron chi connectivity index (χ0n) is 17.8. The molecule has 0 aromatic heterocycles. The van der Waals surface area contributed by atoms with Gasteiger partial charge in [-0.2, -0.15) is 0 Å². The number of aryl methyl sites for hydroxylation is 1. The van der Waals surface area contributed by atoms with Crippen LogP contribution in [0.1, 0.15) is 48.0 Å². The minimum absolute atomic E-state index is 0.0611. The van der Waals surface area contributed by atoms with Crippen molar-refractivity contribution < 1.29 is 13.2 Å². The molecule has 30 heavy (non-hydrogen) atoms. The molecule has 1 heterocycles. The lowest BCUT2D eigenvalue weighted by molar-refractivity contribution is 0.0520. The molecule has 5 nitrogen and oxygen atoms in total. The van der Waals surface area contributed by atoms with Crippen LogP contribution in [-0.2, 0) is 10.0 Å². The number of nitrogens with zero attached hydrogens (tertiary/aromatic N) is 2. The molecule has 6 heteroatoms. The highest BCUT2D eigenvalue weighted by Gasteiger charge is 2.33. The lowest BCUT2D eigenvalue weighted by Gasteiger charge is -2.41. The summed E-state index contributed by atoms with van der Waals surface area (Å²) < 4.78 is 27.6. The van der Waals surface area contributed by atoms with E-state index in [1.807, 2.05) is 24.0 Å². The Kier molecular flexibility index (Phi) is 5.87. The largest absolute Gasteiger partial charge is 0.338 e. The number of anilines is 1. The molecule has 1 aliphatic carbocycles. The van der Waals surface area contributed by atoms with Crippen LogP contribution >= 0.6 is 0 Å². The Hall–Kier alpha value is -2.34. The van der Waals surface area contributed by atoms with Crippen molar-refractivity contribution in [2.24, 2.45) is 11.8 Å². The number of rotatable bonds is 4. The van der Waals surface area contributed by atoms with Gasteiger partial charge in [0.15, 0.2) is 0 Å². The topological polar surface area (TPSA) is 57.7 Å². The lowest BCUT2D eigenvalue weighted by Crippen LogP contribution is -2.44. The molecule has 160 valence electrons. The van der Waals surface area contributed by atoms with E-state index in [9.17, 15) is 13.2 Å². The third-order valence-electron chi connectivity index (χ3n) is 6.72. The van der Waals surface area contributed by atoms with Crippen LogP contribution in [0.2, 0.25) is 0 Å². The Bertz CT molecular complexity index is 1020. The molecule has 2 aromatic carbocycles. The molecule has 4 rings (SSSR count). The summed E-state index contributed by atoms with van der Waals surface area (Å²) in [6, 6.07) is 13.8. The van der Waals surface area contributed by atoms with Gasteiger partial charge in [0.25, 0.3) is 15.9 Å². The highest BCUT2D eigenvalue weighted by molar-refractivity contribution is 7.92. The van der Waals surface area contributed by atoms with Crippen molar-refractivity contribution in [2.75, 3.05) is 24.4 Å². The summed E-state index contributed by atoms with van der Waals surface area (Å²) in [6.07, 6.45) is 6.10. The number of likely N-dealkylation sites (tertiary alicyclic amines) is 1. The summed E-state index contributed by atoms with van der Waals surface area (Å²) in [5.74, 6) is 1.28. The van der Waals surface area contributed by atoms with Crippen LogP contribution in [0.5, 0.6) is 0 Å². The molecule has 2 aliphatic rings. The van der Waals surface area contributed by atoms with Gasteiger partial charge in [0, 0.05) is 25.7 Å². The first kappa shape index (κ1) is 20.9. The van der Waals surface area contributed by atoms with Crippen LogP contribution in [-0.4, -0.2) is 39.4 Å². The Morgan fingerprint density at radius 1 is 1.00 bits per heavy atom. The second kappa shape index (κ2) is 8.42. The number of carbonyl (C=O) groups is 1. The van der Waals surface area contributed by atoms with Gasteiger partial charge in [-0.15, -0.1) is 0 Å². The van der Waals surface area contributed by atoms with E-state index in [2.05, 4.69) is 0 Å². The van der Waals surface area contributed by atoms with Gasteiger partial charge in [-0.3, -0.25) is 9.10 Å². The molecule has 0 unspecified atom stereocenters. The summed E-state index contributed by atoms with van der Waals surface area (Å²) in [7, 11) is -2.20. The van der Waals surface area contributed by atoms with Crippen molar-refractivity contribution in [1.82, 2.24) is 4.90 Å². The maximum absolute atomic E-state index is 13.2. The maximum Gasteiger partial charge on any atom is 0.264 e. The number of amides is 1. The van der Waals surface area contributed by atoms with Crippen molar-refractivity contribution in [3.05, 3.63) is 59.7 Å². The van der Waals surface area contributed by atoms with Crippen LogP contribution in [0.4, 0.5) is 5.69 Å². The van der Waals surface area contributed by atoms with Crippen LogP contribution < -0.4 is 4.31 Å². The van der Waals surface area contributed by atoms with Crippen molar-refractivity contribution in [2.45, 2.75) is 43.9 Å². The first-order valence-electron chi connectivity index (χ1n) is 10.8. The highest BCUT2D eigenvalue weighted by atomic mass is 32.2. The van der Waals surface area contributed by atoms with Crippen LogP contribution in [0.25, 0.3) is 0 Å². The van der Waals surface area contributed by atoms with Gasteiger partial charge in [-0.1, -0.05) is 43.0 Å². The number of benzene rings is 2. The first-order valence-corrected chi connectivity index (χ1v) is 12.3. The smallest absolute Gasteiger partial charge is 0.264 e. The van der Waals surface area contributed by atoms with Crippen LogP contribution in [0, 0.1) is 18.8 Å². The third kappa shape index (κ3) is 4.10. The summed E-state index contributed by atoms with van der Waals surface area (Å²) in [4.78, 5) is 15.2. The number of sulfonamides is 1. The molecule has 0 N–H and O–H groups in total. The molecule has 2 atom stereocenters. The Morgan fingerprint density at radius 3 is 2.43 bits per heavy atom. The van der Waals surface area contributed by atoms with E-state index < -0.39 is 10.0 Å². The molecule has 1 saturated heterocycles. The van der Waals surface area contributed by atoms with E-state index in [-0.39, 0.29) is 10.8 Å². The monoisotopic (exact) mass is 426 g/mol. The fourth-order valence-corrected chi connectivity index (χ4v) is 6.05. The normalized spacial score (nSPS) is 21.7. The second-order valence-corrected chi connectivity index (χ2v) is 10.6. The first-order chi connectivity index (χ1) is 14.4. The van der Waals surface area contributed by atoms with Gasteiger partial charge >= 0.3 is 0 Å². The Morgan fingerprint density at radius 2 is 1.70 bits per heavy atom. The van der Waals surface area contributed by atoms with E-state index in [0.717, 1.165) is 31.0 Å². The molecular weight excluding hydrogens is 396 g/mol. The molecule has 2 fully saturated rings. The van der Waals surface area contributed by atoms with E-state index in [4.69, 9.17) is 0 Å². The maximum atomic E-state index is 13.2. The number of fused-ring (bicyclic) bond motifs is 1. The molecule has 0 spiro atoms. The van der Waals surface area contributed by atoms with Gasteiger partial charge in [0.2, 0.25) is 0 Å². The summed E-state index contributed by atoms with van der Waals surface area (Å²) >= 11 is 0. The Labute approximate surface area is 179 Å². The summed E-state index contributed by atoms with van der Waals surface area (Å²) in [5, 5.41) is 0. The van der Waals surface area contributed by atoms with Gasteiger partial charge in [-0.05, 0) is 61.9 Å². The number of hydrogen-bond acceptors (Lipinski definition) is 3. The van der Waals surface area contributed by atoms with Gasteiger partial charge in [0.1, 0.15) is 0 Å². The number of piperidine rings is 1. The fraction of sp³-hybridized carbons (Fsp3) is 0.458. The van der Waals surface area contributed by atoms with E-state index >= 15 is 0 Å². The van der Waals surface area contributed by atoms with Crippen molar-refractivity contribution in [3.63, 3.8) is 0 Å². The summed E-state index contributed by atoms with van der Waals surface area (Å²) in [6.45, 7) is 3.52. The average molecular weight is 427 g/mol. The molecule has 2 aromatic rings. The van der Waals surface area contributed by atoms with Gasteiger partial charge in [-0.25, -0.2) is 8.42 Å². The predicted octanol–water partition coefficient (Wildman–Crippen LogP) is 4.47. The van der Waals surface area contributed by atoms with Crippen LogP contribution in [0.15, 0.2) is 53.4 Å². The molecular formula is C24H30N2O3S. The summed E-state index contributed by atoms with van der Waals surface area (Å²) in [5.41, 5.74) is 2.11. The average Bonchev–Trinajstić information content (AvgIpc) is 2.78. The van der Waals surface area contributed by atoms with Crippen molar-refractivity contribution in [3.8, 4) is 0 Å². The quantitative estimate of drug-likeness (QED) is 0.725. The van der Waals surface area contributed by atoms with Crippen LogP contribution in [0.3, 0.4) is 0 Å². The molecule has 0 radical (unpaired) electrons. The molecule has 1 saturated carbocycles. The molecule has 1 aliphatic heterocycles. The highest BCUT2D eigenvalue weighted by Crippen LogP contribution is 2.36. The number of hydrogen-bond donors (Lipinski definition) is 0. The zero-order valence-corrected chi connectivity index (χ0v) is 18.6. The minimum atomic E-state index is -3.75. The fourth-order valence-electron chi connectivity index (χ4n) is 4.81. The molecule has 0 bridgehead atoms. The second-order valence-electron chi connectivity index (χ2n) is 8.68. The van der Waals surface area contributed by atoms with Gasteiger partial charge in [0.05, 0.1) is 10.6 Å². The standard InChI is InChI=1S/C24H30N2O3S/c1-18-10-12-22(13-11-18)25(2)30(28,29)23-9-5-8-20(16-23)24(27)26-15-14-19-6-3-4-7-21(19)17-26/h5,8-13,16,19,21H,3-4,6-7,14-15,17H2,1-2H3/t19-,21+/m0/s1. The predicted molar refractivity (Wildman–Crippen MR) is 119 cm³/mol. The van der Waals surface area contributed by atoms with E-state index in [0.29, 0.717) is 17.2 Å². The van der Waals surface area contributed by atoms with E-state index in [1.165, 1.54) is 36.1 Å².